The van der Waals surface area contributed by atoms with E-state index in [0.29, 0.717) is 27.9 Å². The first-order valence-corrected chi connectivity index (χ1v) is 10.4. The maximum atomic E-state index is 13.5. The lowest BCUT2D eigenvalue weighted by molar-refractivity contribution is 0.0228. The highest BCUT2D eigenvalue weighted by atomic mass is 35.5. The van der Waals surface area contributed by atoms with Crippen LogP contribution < -0.4 is 4.74 Å². The number of carbonyl (C=O) groups is 1. The van der Waals surface area contributed by atoms with Gasteiger partial charge in [0.2, 0.25) is 0 Å². The van der Waals surface area contributed by atoms with Gasteiger partial charge in [-0.3, -0.25) is 9.69 Å². The maximum absolute atomic E-state index is 13.5. The molecule has 1 fully saturated rings. The fraction of sp³-hybridized carbons (Fsp3) is 0.409. The molecule has 1 unspecified atom stereocenters. The molecule has 1 heterocycles. The van der Waals surface area contributed by atoms with Gasteiger partial charge in [-0.15, -0.1) is 0 Å². The summed E-state index contributed by atoms with van der Waals surface area (Å²) in [5, 5.41) is 0.646. The summed E-state index contributed by atoms with van der Waals surface area (Å²) in [6, 6.07) is 13.2. The zero-order valence-corrected chi connectivity index (χ0v) is 18.2. The molecule has 0 aromatic heterocycles. The molecule has 1 saturated heterocycles. The van der Waals surface area contributed by atoms with E-state index < -0.39 is 0 Å². The molecule has 7 heteroatoms. The molecule has 5 nitrogen and oxygen atoms in total. The number of rotatable bonds is 7. The van der Waals surface area contributed by atoms with Crippen molar-refractivity contribution >= 4 is 29.1 Å². The Morgan fingerprint density at radius 2 is 1.79 bits per heavy atom. The molecule has 0 radical (unpaired) electrons. The summed E-state index contributed by atoms with van der Waals surface area (Å²) in [4.78, 5) is 17.7. The Morgan fingerprint density at radius 3 is 2.38 bits per heavy atom. The van der Waals surface area contributed by atoms with Gasteiger partial charge in [-0.1, -0.05) is 53.5 Å². The van der Waals surface area contributed by atoms with Crippen molar-refractivity contribution in [1.82, 2.24) is 9.80 Å². The fourth-order valence-corrected chi connectivity index (χ4v) is 4.15. The van der Waals surface area contributed by atoms with Crippen LogP contribution in [0, 0.1) is 0 Å². The van der Waals surface area contributed by atoms with E-state index in [2.05, 4.69) is 11.8 Å². The first-order valence-electron chi connectivity index (χ1n) is 9.67. The summed E-state index contributed by atoms with van der Waals surface area (Å²) in [7, 11) is 1.50. The van der Waals surface area contributed by atoms with Gasteiger partial charge in [0.05, 0.1) is 30.4 Å². The number of nitrogens with zero attached hydrogens (tertiary/aromatic N) is 2. The molecular weight excluding hydrogens is 411 g/mol. The van der Waals surface area contributed by atoms with Crippen molar-refractivity contribution in [3.05, 3.63) is 63.6 Å². The molecule has 0 spiro atoms. The van der Waals surface area contributed by atoms with Crippen LogP contribution in [0.3, 0.4) is 0 Å². The van der Waals surface area contributed by atoms with E-state index in [-0.39, 0.29) is 11.9 Å². The topological polar surface area (TPSA) is 42.0 Å². The summed E-state index contributed by atoms with van der Waals surface area (Å²) in [6.07, 6.45) is 0. The van der Waals surface area contributed by atoms with E-state index >= 15 is 0 Å². The highest BCUT2D eigenvalue weighted by Crippen LogP contribution is 2.34. The Bertz CT molecular complexity index is 803. The fourth-order valence-electron chi connectivity index (χ4n) is 3.51. The van der Waals surface area contributed by atoms with Gasteiger partial charge in [0.15, 0.2) is 5.75 Å². The van der Waals surface area contributed by atoms with E-state index in [1.165, 1.54) is 7.11 Å². The number of morpholine rings is 1. The minimum atomic E-state index is -0.110. The Kier molecular flexibility index (Phi) is 7.78. The predicted octanol–water partition coefficient (Wildman–Crippen LogP) is 4.37. The molecule has 0 bridgehead atoms. The first kappa shape index (κ1) is 21.9. The maximum Gasteiger partial charge on any atom is 0.254 e. The Hall–Kier alpha value is -1.79. The molecule has 1 aliphatic heterocycles. The highest BCUT2D eigenvalue weighted by Gasteiger charge is 2.26. The van der Waals surface area contributed by atoms with Crippen LogP contribution in [0.5, 0.6) is 5.75 Å². The molecule has 1 aliphatic rings. The van der Waals surface area contributed by atoms with Crippen molar-refractivity contribution in [2.75, 3.05) is 40.0 Å². The number of amides is 1. The van der Waals surface area contributed by atoms with Crippen LogP contribution in [0.2, 0.25) is 10.0 Å². The van der Waals surface area contributed by atoms with Gasteiger partial charge in [-0.05, 0) is 24.6 Å². The van der Waals surface area contributed by atoms with Crippen LogP contribution in [0.1, 0.15) is 22.8 Å². The number of hydrogen-bond acceptors (Lipinski definition) is 4. The molecule has 3 rings (SSSR count). The number of methoxy groups -OCH3 is 1. The highest BCUT2D eigenvalue weighted by molar-refractivity contribution is 6.37. The normalized spacial score (nSPS) is 15.7. The molecule has 1 amide bonds. The number of benzene rings is 2. The van der Waals surface area contributed by atoms with Gasteiger partial charge in [0.25, 0.3) is 5.91 Å². The standard InChI is InChI=1S/C22H26Cl2N2O3/c1-16(14-25-8-10-29-11-9-25)26(15-17-6-4-3-5-7-17)22(27)18-12-19(23)21(28-2)20(24)13-18/h3-7,12-13,16H,8-11,14-15H2,1-2H3. The minimum Gasteiger partial charge on any atom is -0.494 e. The van der Waals surface area contributed by atoms with Gasteiger partial charge in [0, 0.05) is 37.8 Å². The molecule has 156 valence electrons. The van der Waals surface area contributed by atoms with E-state index in [1.807, 2.05) is 35.2 Å². The lowest BCUT2D eigenvalue weighted by Gasteiger charge is -2.35. The van der Waals surface area contributed by atoms with E-state index in [0.717, 1.165) is 38.4 Å². The quantitative estimate of drug-likeness (QED) is 0.646. The third-order valence-corrected chi connectivity index (χ3v) is 5.63. The summed E-state index contributed by atoms with van der Waals surface area (Å²) in [6.45, 7) is 6.55. The lowest BCUT2D eigenvalue weighted by Crippen LogP contribution is -2.48. The van der Waals surface area contributed by atoms with Crippen molar-refractivity contribution in [2.24, 2.45) is 0 Å². The van der Waals surface area contributed by atoms with E-state index in [9.17, 15) is 4.79 Å². The zero-order valence-electron chi connectivity index (χ0n) is 16.7. The van der Waals surface area contributed by atoms with Crippen molar-refractivity contribution in [2.45, 2.75) is 19.5 Å². The largest absolute Gasteiger partial charge is 0.494 e. The Labute approximate surface area is 182 Å². The Balaban J connectivity index is 1.86. The third kappa shape index (κ3) is 5.64. The van der Waals surface area contributed by atoms with Crippen LogP contribution in [-0.4, -0.2) is 61.7 Å². The molecule has 29 heavy (non-hydrogen) atoms. The predicted molar refractivity (Wildman–Crippen MR) is 116 cm³/mol. The summed E-state index contributed by atoms with van der Waals surface area (Å²) < 4.78 is 10.6. The summed E-state index contributed by atoms with van der Waals surface area (Å²) in [5.41, 5.74) is 1.52. The molecular formula is C22H26Cl2N2O3. The smallest absolute Gasteiger partial charge is 0.254 e. The third-order valence-electron chi connectivity index (χ3n) is 5.06. The average molecular weight is 437 g/mol. The van der Waals surface area contributed by atoms with E-state index in [4.69, 9.17) is 32.7 Å². The number of carbonyl (C=O) groups excluding carboxylic acids is 1. The second-order valence-corrected chi connectivity index (χ2v) is 7.97. The van der Waals surface area contributed by atoms with Gasteiger partial charge < -0.3 is 14.4 Å². The second kappa shape index (κ2) is 10.3. The Morgan fingerprint density at radius 1 is 1.17 bits per heavy atom. The number of ether oxygens (including phenoxy) is 2. The van der Waals surface area contributed by atoms with Crippen LogP contribution >= 0.6 is 23.2 Å². The minimum absolute atomic E-state index is 0.000425. The van der Waals surface area contributed by atoms with Crippen molar-refractivity contribution in [3.8, 4) is 5.75 Å². The van der Waals surface area contributed by atoms with Crippen LogP contribution in [0.15, 0.2) is 42.5 Å². The number of hydrogen-bond donors (Lipinski definition) is 0. The molecule has 2 aromatic carbocycles. The van der Waals surface area contributed by atoms with Crippen molar-refractivity contribution in [3.63, 3.8) is 0 Å². The van der Waals surface area contributed by atoms with Gasteiger partial charge in [0.1, 0.15) is 0 Å². The van der Waals surface area contributed by atoms with Gasteiger partial charge in [-0.2, -0.15) is 0 Å². The van der Waals surface area contributed by atoms with Gasteiger partial charge in [-0.25, -0.2) is 0 Å². The SMILES string of the molecule is COc1c(Cl)cc(C(=O)N(Cc2ccccc2)C(C)CN2CCOCC2)cc1Cl. The van der Waals surface area contributed by atoms with Crippen LogP contribution in [-0.2, 0) is 11.3 Å². The molecule has 2 aromatic rings. The van der Waals surface area contributed by atoms with E-state index in [1.54, 1.807) is 12.1 Å². The molecule has 1 atom stereocenters. The summed E-state index contributed by atoms with van der Waals surface area (Å²) in [5.74, 6) is 0.266. The zero-order chi connectivity index (χ0) is 20.8. The van der Waals surface area contributed by atoms with Gasteiger partial charge >= 0.3 is 0 Å². The van der Waals surface area contributed by atoms with Crippen molar-refractivity contribution in [1.29, 1.82) is 0 Å². The number of halogens is 2. The molecule has 0 aliphatic carbocycles. The molecule has 0 N–H and O–H groups in total. The lowest BCUT2D eigenvalue weighted by atomic mass is 10.1. The molecule has 0 saturated carbocycles. The summed E-state index contributed by atoms with van der Waals surface area (Å²) >= 11 is 12.6. The first-order chi connectivity index (χ1) is 14.0. The van der Waals surface area contributed by atoms with Crippen LogP contribution in [0.4, 0.5) is 0 Å². The second-order valence-electron chi connectivity index (χ2n) is 7.15. The monoisotopic (exact) mass is 436 g/mol. The average Bonchev–Trinajstić information content (AvgIpc) is 2.72. The van der Waals surface area contributed by atoms with Crippen LogP contribution in [0.25, 0.3) is 0 Å². The van der Waals surface area contributed by atoms with Crippen molar-refractivity contribution < 1.29 is 14.3 Å².